The molecule has 1 aromatic heterocycles. The highest BCUT2D eigenvalue weighted by Crippen LogP contribution is 2.26. The van der Waals surface area contributed by atoms with E-state index in [1.165, 1.54) is 30.0 Å². The van der Waals surface area contributed by atoms with Gasteiger partial charge in [0.05, 0.1) is 12.2 Å². The smallest absolute Gasteiger partial charge is 0.330 e. The molecule has 0 spiro atoms. The molecule has 1 atom stereocenters. The minimum absolute atomic E-state index is 0.202. The topological polar surface area (TPSA) is 82.3 Å². The van der Waals surface area contributed by atoms with Gasteiger partial charge >= 0.3 is 5.69 Å². The van der Waals surface area contributed by atoms with Crippen molar-refractivity contribution < 1.29 is 9.53 Å². The Hall–Kier alpha value is -3.09. The van der Waals surface area contributed by atoms with Crippen molar-refractivity contribution in [3.8, 4) is 5.75 Å². The minimum Gasteiger partial charge on any atom is -0.493 e. The Morgan fingerprint density at radius 1 is 1.31 bits per heavy atom. The number of fused-ring (bicyclic) bond motifs is 1. The van der Waals surface area contributed by atoms with Crippen molar-refractivity contribution in [3.63, 3.8) is 0 Å². The molecule has 2 heterocycles. The van der Waals surface area contributed by atoms with Crippen molar-refractivity contribution in [2.24, 2.45) is 20.0 Å². The summed E-state index contributed by atoms with van der Waals surface area (Å²) in [6.07, 6.45) is 4.99. The van der Waals surface area contributed by atoms with E-state index in [0.717, 1.165) is 22.3 Å². The minimum atomic E-state index is -0.436. The van der Waals surface area contributed by atoms with Crippen LogP contribution in [-0.2, 0) is 25.3 Å². The number of rotatable bonds is 4. The number of nitrogens with zero attached hydrogens (tertiary/aromatic N) is 2. The Balaban J connectivity index is 1.59. The van der Waals surface area contributed by atoms with E-state index in [4.69, 9.17) is 4.74 Å². The van der Waals surface area contributed by atoms with E-state index >= 15 is 0 Å². The van der Waals surface area contributed by atoms with E-state index in [9.17, 15) is 14.4 Å². The molecule has 2 aromatic rings. The summed E-state index contributed by atoms with van der Waals surface area (Å²) in [4.78, 5) is 35.7. The first-order chi connectivity index (χ1) is 12.5. The molecule has 1 aliphatic heterocycles. The maximum absolute atomic E-state index is 12.0. The first-order valence-electron chi connectivity index (χ1n) is 8.39. The number of ether oxygens (including phenoxy) is 1. The fraction of sp³-hybridized carbons (Fsp3) is 0.316. The van der Waals surface area contributed by atoms with Crippen molar-refractivity contribution >= 4 is 12.0 Å². The Bertz CT molecular complexity index is 971. The van der Waals surface area contributed by atoms with Crippen LogP contribution in [0.4, 0.5) is 0 Å². The second-order valence-electron chi connectivity index (χ2n) is 6.41. The predicted octanol–water partition coefficient (Wildman–Crippen LogP) is 0.465. The fourth-order valence-corrected chi connectivity index (χ4v) is 2.94. The van der Waals surface area contributed by atoms with Gasteiger partial charge in [-0.2, -0.15) is 0 Å². The molecule has 1 N–H and O–H groups in total. The lowest BCUT2D eigenvalue weighted by Gasteiger charge is -2.25. The summed E-state index contributed by atoms with van der Waals surface area (Å²) >= 11 is 0. The van der Waals surface area contributed by atoms with Crippen molar-refractivity contribution in [3.05, 3.63) is 68.5 Å². The van der Waals surface area contributed by atoms with Crippen LogP contribution >= 0.6 is 0 Å². The zero-order valence-electron chi connectivity index (χ0n) is 14.8. The number of para-hydroxylation sites is 1. The van der Waals surface area contributed by atoms with Crippen LogP contribution in [0.25, 0.3) is 6.08 Å². The number of hydrogen-bond donors (Lipinski definition) is 1. The first kappa shape index (κ1) is 17.7. The summed E-state index contributed by atoms with van der Waals surface area (Å²) in [5, 5.41) is 2.83. The van der Waals surface area contributed by atoms with Crippen LogP contribution in [0, 0.1) is 5.92 Å². The van der Waals surface area contributed by atoms with Crippen molar-refractivity contribution in [1.29, 1.82) is 0 Å². The largest absolute Gasteiger partial charge is 0.493 e. The number of benzene rings is 1. The summed E-state index contributed by atoms with van der Waals surface area (Å²) in [7, 11) is 2.96. The number of aryl methyl sites for hydroxylation is 1. The van der Waals surface area contributed by atoms with Crippen LogP contribution in [-0.4, -0.2) is 28.2 Å². The standard InChI is InChI=1S/C19H21N3O4/c1-21-11-15(18(24)22(2)19(21)25)7-8-17(23)20-10-13-9-14-5-3-4-6-16(14)26-12-13/h3-8,11,13H,9-10,12H2,1-2H3,(H,20,23)/b8-7+. The van der Waals surface area contributed by atoms with Gasteiger partial charge in [0, 0.05) is 38.8 Å². The molecule has 7 nitrogen and oxygen atoms in total. The van der Waals surface area contributed by atoms with Crippen molar-refractivity contribution in [2.45, 2.75) is 6.42 Å². The van der Waals surface area contributed by atoms with Gasteiger partial charge in [0.15, 0.2) is 0 Å². The normalized spacial score (nSPS) is 16.2. The zero-order chi connectivity index (χ0) is 18.7. The molecule has 0 bridgehead atoms. The molecule has 0 saturated heterocycles. The van der Waals surface area contributed by atoms with Gasteiger partial charge in [0.25, 0.3) is 5.56 Å². The highest BCUT2D eigenvalue weighted by molar-refractivity contribution is 5.91. The molecule has 0 radical (unpaired) electrons. The maximum atomic E-state index is 12.0. The Labute approximate surface area is 150 Å². The van der Waals surface area contributed by atoms with Crippen molar-refractivity contribution in [1.82, 2.24) is 14.5 Å². The SMILES string of the molecule is Cn1cc(/C=C/C(=O)NCC2COc3ccccc3C2)c(=O)n(C)c1=O. The third-order valence-corrected chi connectivity index (χ3v) is 4.41. The van der Waals surface area contributed by atoms with Gasteiger partial charge in [-0.1, -0.05) is 18.2 Å². The molecule has 0 aliphatic carbocycles. The van der Waals surface area contributed by atoms with Gasteiger partial charge in [-0.05, 0) is 24.1 Å². The Morgan fingerprint density at radius 2 is 2.08 bits per heavy atom. The highest BCUT2D eigenvalue weighted by atomic mass is 16.5. The Morgan fingerprint density at radius 3 is 2.88 bits per heavy atom. The molecule has 0 fully saturated rings. The molecular weight excluding hydrogens is 334 g/mol. The second-order valence-corrected chi connectivity index (χ2v) is 6.41. The molecule has 1 aliphatic rings. The lowest BCUT2D eigenvalue weighted by Crippen LogP contribution is -2.37. The third-order valence-electron chi connectivity index (χ3n) is 4.41. The Kier molecular flexibility index (Phi) is 5.06. The molecule has 7 heteroatoms. The summed E-state index contributed by atoms with van der Waals surface area (Å²) in [5.74, 6) is 0.813. The van der Waals surface area contributed by atoms with Crippen molar-refractivity contribution in [2.75, 3.05) is 13.2 Å². The number of aromatic nitrogens is 2. The van der Waals surface area contributed by atoms with Gasteiger partial charge in [0.1, 0.15) is 5.75 Å². The number of carbonyl (C=O) groups excluding carboxylic acids is 1. The fourth-order valence-electron chi connectivity index (χ4n) is 2.94. The molecule has 1 unspecified atom stereocenters. The average Bonchev–Trinajstić information content (AvgIpc) is 2.66. The lowest BCUT2D eigenvalue weighted by molar-refractivity contribution is -0.116. The van der Waals surface area contributed by atoms with E-state index in [2.05, 4.69) is 5.32 Å². The third kappa shape index (κ3) is 3.77. The van der Waals surface area contributed by atoms with Gasteiger partial charge in [0.2, 0.25) is 5.91 Å². The monoisotopic (exact) mass is 355 g/mol. The average molecular weight is 355 g/mol. The van der Waals surface area contributed by atoms with E-state index in [1.807, 2.05) is 24.3 Å². The van der Waals surface area contributed by atoms with Crippen LogP contribution in [0.2, 0.25) is 0 Å². The zero-order valence-corrected chi connectivity index (χ0v) is 14.8. The van der Waals surface area contributed by atoms with Crippen LogP contribution in [0.5, 0.6) is 5.75 Å². The molecule has 1 aromatic carbocycles. The van der Waals surface area contributed by atoms with E-state index < -0.39 is 11.2 Å². The van der Waals surface area contributed by atoms with Crippen LogP contribution in [0.1, 0.15) is 11.1 Å². The number of carbonyl (C=O) groups is 1. The van der Waals surface area contributed by atoms with Crippen LogP contribution < -0.4 is 21.3 Å². The van der Waals surface area contributed by atoms with Gasteiger partial charge in [-0.3, -0.25) is 14.2 Å². The molecule has 3 rings (SSSR count). The molecule has 1 amide bonds. The molecule has 0 saturated carbocycles. The van der Waals surface area contributed by atoms with E-state index in [1.54, 1.807) is 7.05 Å². The maximum Gasteiger partial charge on any atom is 0.330 e. The number of hydrogen-bond acceptors (Lipinski definition) is 4. The number of nitrogens with one attached hydrogen (secondary N) is 1. The summed E-state index contributed by atoms with van der Waals surface area (Å²) in [6, 6.07) is 7.88. The van der Waals surface area contributed by atoms with Crippen LogP contribution in [0.3, 0.4) is 0 Å². The predicted molar refractivity (Wildman–Crippen MR) is 98.1 cm³/mol. The molecule has 26 heavy (non-hydrogen) atoms. The van der Waals surface area contributed by atoms with E-state index in [-0.39, 0.29) is 17.4 Å². The van der Waals surface area contributed by atoms with Gasteiger partial charge in [-0.15, -0.1) is 0 Å². The van der Waals surface area contributed by atoms with Gasteiger partial charge in [-0.25, -0.2) is 4.79 Å². The summed E-state index contributed by atoms with van der Waals surface area (Å²) < 4.78 is 8.01. The number of amides is 1. The molecule has 136 valence electrons. The summed E-state index contributed by atoms with van der Waals surface area (Å²) in [5.41, 5.74) is 0.575. The van der Waals surface area contributed by atoms with Gasteiger partial charge < -0.3 is 14.6 Å². The lowest BCUT2D eigenvalue weighted by atomic mass is 9.97. The first-order valence-corrected chi connectivity index (χ1v) is 8.39. The molecular formula is C19H21N3O4. The summed E-state index contributed by atoms with van der Waals surface area (Å²) in [6.45, 7) is 1.05. The quantitative estimate of drug-likeness (QED) is 0.808. The highest BCUT2D eigenvalue weighted by Gasteiger charge is 2.19. The van der Waals surface area contributed by atoms with Crippen LogP contribution in [0.15, 0.2) is 46.1 Å². The second kappa shape index (κ2) is 7.43. The van der Waals surface area contributed by atoms with E-state index in [0.29, 0.717) is 13.2 Å².